The molecule has 32 heavy (non-hydrogen) atoms. The van der Waals surface area contributed by atoms with E-state index in [1.165, 1.54) is 18.2 Å². The minimum absolute atomic E-state index is 0.140. The monoisotopic (exact) mass is 437 g/mol. The molecule has 1 amide bonds. The Balaban J connectivity index is 1.64. The molecular weight excluding hydrogens is 412 g/mol. The van der Waals surface area contributed by atoms with E-state index in [1.54, 1.807) is 52.3 Å². The smallest absolute Gasteiger partial charge is 0.289 e. The topological polar surface area (TPSA) is 47.4 Å². The van der Waals surface area contributed by atoms with Gasteiger partial charge in [0.25, 0.3) is 5.91 Å². The highest BCUT2D eigenvalue weighted by Crippen LogP contribution is 2.32. The highest BCUT2D eigenvalue weighted by Gasteiger charge is 2.39. The van der Waals surface area contributed by atoms with Gasteiger partial charge in [0.1, 0.15) is 17.2 Å². The van der Waals surface area contributed by atoms with Crippen LogP contribution >= 0.6 is 0 Å². The lowest BCUT2D eigenvalue weighted by Gasteiger charge is -2.42. The Hall–Kier alpha value is -3.48. The molecule has 3 aromatic rings. The number of rotatable bonds is 4. The van der Waals surface area contributed by atoms with Crippen LogP contribution in [-0.4, -0.2) is 32.5 Å². The maximum Gasteiger partial charge on any atom is 0.289 e. The molecule has 1 fully saturated rings. The molecule has 0 N–H and O–H groups in total. The molecule has 166 valence electrons. The molecule has 0 bridgehead atoms. The maximum absolute atomic E-state index is 14.8. The van der Waals surface area contributed by atoms with E-state index < -0.39 is 11.4 Å². The summed E-state index contributed by atoms with van der Waals surface area (Å²) >= 11 is 0. The van der Waals surface area contributed by atoms with Gasteiger partial charge in [-0.05, 0) is 69.2 Å². The standard InChI is InChI=1S/C25H25F2N3O2/c1-16-13-29(15-28-16)22-10-5-18(11-21(22)27)12-23-24(31)30(14-25(3,4)32-23)17(2)19-6-8-20(26)9-7-19/h5-13,15,17H,14H2,1-4H3/b23-12-/t17-/m0/s1. The SMILES string of the molecule is Cc1cn(-c2ccc(/C=C3\OC(C)(C)CN([C@@H](C)c4ccc(F)cc4)C3=O)cc2F)cn1. The molecule has 1 aliphatic rings. The summed E-state index contributed by atoms with van der Waals surface area (Å²) in [7, 11) is 0. The molecule has 5 nitrogen and oxygen atoms in total. The fourth-order valence-corrected chi connectivity index (χ4v) is 3.85. The lowest BCUT2D eigenvalue weighted by atomic mass is 10.00. The van der Waals surface area contributed by atoms with Gasteiger partial charge in [-0.15, -0.1) is 0 Å². The van der Waals surface area contributed by atoms with Crippen LogP contribution in [0.25, 0.3) is 11.8 Å². The number of carbonyl (C=O) groups is 1. The van der Waals surface area contributed by atoms with Crippen LogP contribution in [0.2, 0.25) is 0 Å². The first-order valence-corrected chi connectivity index (χ1v) is 10.4. The zero-order chi connectivity index (χ0) is 23.0. The van der Waals surface area contributed by atoms with Crippen molar-refractivity contribution in [1.82, 2.24) is 14.5 Å². The zero-order valence-electron chi connectivity index (χ0n) is 18.5. The lowest BCUT2D eigenvalue weighted by molar-refractivity contribution is -0.149. The van der Waals surface area contributed by atoms with Gasteiger partial charge in [0, 0.05) is 6.20 Å². The molecule has 7 heteroatoms. The zero-order valence-corrected chi connectivity index (χ0v) is 18.5. The van der Waals surface area contributed by atoms with Gasteiger partial charge in [0.2, 0.25) is 0 Å². The minimum Gasteiger partial charge on any atom is -0.480 e. The quantitative estimate of drug-likeness (QED) is 0.527. The molecule has 2 heterocycles. The fraction of sp³-hybridized carbons (Fsp3) is 0.280. The number of aryl methyl sites for hydroxylation is 1. The second-order valence-corrected chi connectivity index (χ2v) is 8.66. The summed E-state index contributed by atoms with van der Waals surface area (Å²) in [6.45, 7) is 7.88. The molecule has 1 atom stereocenters. The number of amides is 1. The van der Waals surface area contributed by atoms with Crippen LogP contribution in [0.15, 0.2) is 60.7 Å². The number of hydrogen-bond acceptors (Lipinski definition) is 3. The Morgan fingerprint density at radius 1 is 1.16 bits per heavy atom. The van der Waals surface area contributed by atoms with Gasteiger partial charge in [-0.3, -0.25) is 4.79 Å². The molecule has 4 rings (SSSR count). The van der Waals surface area contributed by atoms with Gasteiger partial charge in [-0.25, -0.2) is 13.8 Å². The maximum atomic E-state index is 14.8. The van der Waals surface area contributed by atoms with E-state index >= 15 is 0 Å². The summed E-state index contributed by atoms with van der Waals surface area (Å²) in [5, 5.41) is 0. The Labute approximate surface area is 186 Å². The van der Waals surface area contributed by atoms with Crippen molar-refractivity contribution in [3.8, 4) is 5.69 Å². The first-order chi connectivity index (χ1) is 15.1. The third-order valence-electron chi connectivity index (χ3n) is 5.49. The van der Waals surface area contributed by atoms with E-state index in [4.69, 9.17) is 4.74 Å². The average molecular weight is 437 g/mol. The van der Waals surface area contributed by atoms with Gasteiger partial charge in [-0.1, -0.05) is 18.2 Å². The predicted molar refractivity (Wildman–Crippen MR) is 118 cm³/mol. The van der Waals surface area contributed by atoms with Crippen molar-refractivity contribution < 1.29 is 18.3 Å². The van der Waals surface area contributed by atoms with Crippen molar-refractivity contribution in [1.29, 1.82) is 0 Å². The Morgan fingerprint density at radius 3 is 2.50 bits per heavy atom. The molecule has 1 aliphatic heterocycles. The van der Waals surface area contributed by atoms with Crippen LogP contribution in [0.5, 0.6) is 0 Å². The van der Waals surface area contributed by atoms with Crippen LogP contribution in [0.3, 0.4) is 0 Å². The van der Waals surface area contributed by atoms with Crippen LogP contribution in [0.4, 0.5) is 8.78 Å². The van der Waals surface area contributed by atoms with Crippen LogP contribution in [0.1, 0.15) is 43.6 Å². The Bertz CT molecular complexity index is 1180. The summed E-state index contributed by atoms with van der Waals surface area (Å²) in [5.74, 6) is -0.918. The first kappa shape index (κ1) is 21.7. The van der Waals surface area contributed by atoms with Crippen LogP contribution < -0.4 is 0 Å². The Morgan fingerprint density at radius 2 is 1.88 bits per heavy atom. The van der Waals surface area contributed by atoms with E-state index in [0.29, 0.717) is 17.8 Å². The first-order valence-electron chi connectivity index (χ1n) is 10.4. The second kappa shape index (κ2) is 8.22. The van der Waals surface area contributed by atoms with Crippen LogP contribution in [0, 0.1) is 18.6 Å². The lowest BCUT2D eigenvalue weighted by Crippen LogP contribution is -2.51. The van der Waals surface area contributed by atoms with Crippen molar-refractivity contribution in [3.63, 3.8) is 0 Å². The second-order valence-electron chi connectivity index (χ2n) is 8.66. The van der Waals surface area contributed by atoms with Crippen molar-refractivity contribution in [2.45, 2.75) is 39.3 Å². The number of benzene rings is 2. The molecular formula is C25H25F2N3O2. The number of halogens is 2. The largest absolute Gasteiger partial charge is 0.480 e. The number of aromatic nitrogens is 2. The summed E-state index contributed by atoms with van der Waals surface area (Å²) in [6, 6.07) is 10.6. The average Bonchev–Trinajstić information content (AvgIpc) is 3.16. The number of hydrogen-bond donors (Lipinski definition) is 0. The van der Waals surface area contributed by atoms with Gasteiger partial charge in [0.15, 0.2) is 5.76 Å². The minimum atomic E-state index is -0.638. The molecule has 0 saturated carbocycles. The molecule has 0 radical (unpaired) electrons. The number of carbonyl (C=O) groups excluding carboxylic acids is 1. The van der Waals surface area contributed by atoms with E-state index in [-0.39, 0.29) is 23.5 Å². The third-order valence-corrected chi connectivity index (χ3v) is 5.49. The highest BCUT2D eigenvalue weighted by molar-refractivity contribution is 5.97. The van der Waals surface area contributed by atoms with Gasteiger partial charge >= 0.3 is 0 Å². The van der Waals surface area contributed by atoms with Crippen molar-refractivity contribution in [2.75, 3.05) is 6.54 Å². The van der Waals surface area contributed by atoms with Gasteiger partial charge in [-0.2, -0.15) is 0 Å². The van der Waals surface area contributed by atoms with Crippen molar-refractivity contribution >= 4 is 12.0 Å². The van der Waals surface area contributed by atoms with Gasteiger partial charge < -0.3 is 14.2 Å². The highest BCUT2D eigenvalue weighted by atomic mass is 19.1. The molecule has 2 aromatic carbocycles. The molecule has 1 saturated heterocycles. The van der Waals surface area contributed by atoms with Crippen molar-refractivity contribution in [2.24, 2.45) is 0 Å². The van der Waals surface area contributed by atoms with Gasteiger partial charge in [0.05, 0.1) is 30.3 Å². The Kier molecular flexibility index (Phi) is 5.59. The van der Waals surface area contributed by atoms with Crippen molar-refractivity contribution in [3.05, 3.63) is 89.2 Å². The molecule has 0 unspecified atom stereocenters. The number of nitrogens with zero attached hydrogens (tertiary/aromatic N) is 3. The normalized spacial score (nSPS) is 18.0. The number of morpholine rings is 1. The number of imidazole rings is 1. The summed E-state index contributed by atoms with van der Waals surface area (Å²) in [5.41, 5.74) is 1.85. The molecule has 0 aliphatic carbocycles. The summed E-state index contributed by atoms with van der Waals surface area (Å²) < 4.78 is 35.7. The molecule has 1 aromatic heterocycles. The predicted octanol–water partition coefficient (Wildman–Crippen LogP) is 5.20. The van der Waals surface area contributed by atoms with E-state index in [2.05, 4.69) is 4.98 Å². The van der Waals surface area contributed by atoms with E-state index in [9.17, 15) is 13.6 Å². The third kappa shape index (κ3) is 4.42. The fourth-order valence-electron chi connectivity index (χ4n) is 3.85. The summed E-state index contributed by atoms with van der Waals surface area (Å²) in [4.78, 5) is 19.0. The molecule has 0 spiro atoms. The van der Waals surface area contributed by atoms with E-state index in [0.717, 1.165) is 11.3 Å². The summed E-state index contributed by atoms with van der Waals surface area (Å²) in [6.07, 6.45) is 4.85. The van der Waals surface area contributed by atoms with E-state index in [1.807, 2.05) is 27.7 Å². The van der Waals surface area contributed by atoms with Crippen LogP contribution in [-0.2, 0) is 9.53 Å². The number of ether oxygens (including phenoxy) is 1.